The van der Waals surface area contributed by atoms with Gasteiger partial charge >= 0.3 is 0 Å². The number of aromatic amines is 1. The third-order valence-electron chi connectivity index (χ3n) is 4.95. The fourth-order valence-electron chi connectivity index (χ4n) is 3.53. The molecule has 0 fully saturated rings. The van der Waals surface area contributed by atoms with Gasteiger partial charge in [-0.15, -0.1) is 21.5 Å². The number of aryl methyl sites for hydroxylation is 2. The van der Waals surface area contributed by atoms with Crippen molar-refractivity contribution in [2.75, 3.05) is 7.11 Å². The summed E-state index contributed by atoms with van der Waals surface area (Å²) < 4.78 is 10.9. The third-order valence-corrected chi connectivity index (χ3v) is 6.97. The predicted molar refractivity (Wildman–Crippen MR) is 113 cm³/mol. The smallest absolute Gasteiger partial charge is 0.277 e. The number of hydrogen-bond donors (Lipinski definition) is 1. The van der Waals surface area contributed by atoms with Crippen LogP contribution in [0.4, 0.5) is 0 Å². The third kappa shape index (κ3) is 3.56. The molecule has 0 bridgehead atoms. The molecule has 0 unspecified atom stereocenters. The molecule has 1 N–H and O–H groups in total. The lowest BCUT2D eigenvalue weighted by molar-refractivity contribution is 0.414. The summed E-state index contributed by atoms with van der Waals surface area (Å²) in [6.45, 7) is 0. The minimum absolute atomic E-state index is 0.0468. The number of aromatic nitrogens is 4. The van der Waals surface area contributed by atoms with Crippen LogP contribution in [0.5, 0.6) is 5.75 Å². The largest absolute Gasteiger partial charge is 0.497 e. The highest BCUT2D eigenvalue weighted by atomic mass is 32.2. The molecule has 0 amide bonds. The van der Waals surface area contributed by atoms with Crippen LogP contribution in [-0.2, 0) is 18.6 Å². The van der Waals surface area contributed by atoms with E-state index in [4.69, 9.17) is 9.15 Å². The monoisotopic (exact) mass is 426 g/mol. The Kier molecular flexibility index (Phi) is 4.84. The minimum Gasteiger partial charge on any atom is -0.497 e. The molecule has 3 aromatic heterocycles. The summed E-state index contributed by atoms with van der Waals surface area (Å²) in [5.41, 5.74) is 1.97. The summed E-state index contributed by atoms with van der Waals surface area (Å²) in [4.78, 5) is 22.4. The summed E-state index contributed by atoms with van der Waals surface area (Å²) >= 11 is 3.01. The number of ether oxygens (including phenoxy) is 1. The molecule has 1 aromatic carbocycles. The standard InChI is InChI=1S/C20H18N4O3S2/c1-26-12-8-6-11(7-9-12)18-23-24-20(27-18)28-10-15-21-17(25)16-13-4-2-3-5-14(13)29-19(16)22-15/h6-9H,2-5,10H2,1H3,(H,21,22,25). The van der Waals surface area contributed by atoms with Gasteiger partial charge in [-0.3, -0.25) is 4.79 Å². The molecule has 1 aliphatic rings. The molecule has 0 radical (unpaired) electrons. The second-order valence-corrected chi connectivity index (χ2v) is 8.80. The van der Waals surface area contributed by atoms with Crippen molar-refractivity contribution >= 4 is 33.3 Å². The van der Waals surface area contributed by atoms with Crippen molar-refractivity contribution < 1.29 is 9.15 Å². The fourth-order valence-corrected chi connectivity index (χ4v) is 5.44. The van der Waals surface area contributed by atoms with Crippen molar-refractivity contribution in [2.24, 2.45) is 0 Å². The van der Waals surface area contributed by atoms with Crippen molar-refractivity contribution in [1.82, 2.24) is 20.2 Å². The number of thioether (sulfide) groups is 1. The lowest BCUT2D eigenvalue weighted by Gasteiger charge is -2.09. The van der Waals surface area contributed by atoms with Crippen LogP contribution in [0.3, 0.4) is 0 Å². The average Bonchev–Trinajstić information content (AvgIpc) is 3.37. The van der Waals surface area contributed by atoms with Crippen molar-refractivity contribution in [2.45, 2.75) is 36.7 Å². The molecule has 0 saturated carbocycles. The van der Waals surface area contributed by atoms with Crippen LogP contribution in [0.25, 0.3) is 21.7 Å². The SMILES string of the molecule is COc1ccc(-c2nnc(SCc3nc4sc5c(c4c(=O)[nH]3)CCCC5)o2)cc1. The molecule has 0 aliphatic heterocycles. The van der Waals surface area contributed by atoms with Crippen LogP contribution >= 0.6 is 23.1 Å². The van der Waals surface area contributed by atoms with Gasteiger partial charge in [0.05, 0.1) is 18.2 Å². The molecule has 0 atom stereocenters. The summed E-state index contributed by atoms with van der Waals surface area (Å²) in [6, 6.07) is 7.42. The summed E-state index contributed by atoms with van der Waals surface area (Å²) in [5.74, 6) is 2.29. The maximum atomic E-state index is 12.6. The molecule has 5 rings (SSSR count). The predicted octanol–water partition coefficient (Wildman–Crippen LogP) is 4.21. The Bertz CT molecular complexity index is 1230. The molecule has 148 valence electrons. The van der Waals surface area contributed by atoms with Crippen LogP contribution in [0.2, 0.25) is 0 Å². The average molecular weight is 427 g/mol. The number of hydrogen-bond acceptors (Lipinski definition) is 8. The Hall–Kier alpha value is -2.65. The number of benzene rings is 1. The first-order valence-corrected chi connectivity index (χ1v) is 11.2. The van der Waals surface area contributed by atoms with Crippen molar-refractivity contribution in [3.8, 4) is 17.2 Å². The van der Waals surface area contributed by atoms with E-state index in [1.54, 1.807) is 18.4 Å². The number of rotatable bonds is 5. The molecule has 1 aliphatic carbocycles. The lowest BCUT2D eigenvalue weighted by Crippen LogP contribution is -2.12. The Balaban J connectivity index is 1.34. The summed E-state index contributed by atoms with van der Waals surface area (Å²) in [6.07, 6.45) is 4.36. The topological polar surface area (TPSA) is 93.9 Å². The van der Waals surface area contributed by atoms with E-state index in [1.165, 1.54) is 28.6 Å². The van der Waals surface area contributed by atoms with Crippen LogP contribution in [0.1, 0.15) is 29.1 Å². The zero-order chi connectivity index (χ0) is 19.8. The van der Waals surface area contributed by atoms with E-state index in [1.807, 2.05) is 24.3 Å². The maximum Gasteiger partial charge on any atom is 0.277 e. The van der Waals surface area contributed by atoms with Crippen molar-refractivity contribution in [3.05, 3.63) is 50.9 Å². The second kappa shape index (κ2) is 7.64. The van der Waals surface area contributed by atoms with Gasteiger partial charge in [-0.25, -0.2) is 4.98 Å². The quantitative estimate of drug-likeness (QED) is 0.478. The van der Waals surface area contributed by atoms with Gasteiger partial charge in [-0.2, -0.15) is 0 Å². The van der Waals surface area contributed by atoms with E-state index >= 15 is 0 Å². The minimum atomic E-state index is -0.0468. The summed E-state index contributed by atoms with van der Waals surface area (Å²) in [7, 11) is 1.62. The zero-order valence-corrected chi connectivity index (χ0v) is 17.4. The molecular weight excluding hydrogens is 408 g/mol. The van der Waals surface area contributed by atoms with Gasteiger partial charge in [0.1, 0.15) is 16.4 Å². The zero-order valence-electron chi connectivity index (χ0n) is 15.7. The van der Waals surface area contributed by atoms with E-state index in [2.05, 4.69) is 20.2 Å². The number of fused-ring (bicyclic) bond motifs is 3. The molecule has 0 spiro atoms. The van der Waals surface area contributed by atoms with Gasteiger partial charge in [0, 0.05) is 10.4 Å². The normalized spacial score (nSPS) is 13.6. The number of nitrogens with one attached hydrogen (secondary N) is 1. The number of H-pyrrole nitrogens is 1. The lowest BCUT2D eigenvalue weighted by atomic mass is 9.97. The maximum absolute atomic E-state index is 12.6. The number of methoxy groups -OCH3 is 1. The Morgan fingerprint density at radius 1 is 1.21 bits per heavy atom. The highest BCUT2D eigenvalue weighted by molar-refractivity contribution is 7.98. The van der Waals surface area contributed by atoms with Gasteiger partial charge in [0.2, 0.25) is 5.89 Å². The van der Waals surface area contributed by atoms with E-state index in [0.717, 1.165) is 40.8 Å². The first kappa shape index (κ1) is 18.4. The summed E-state index contributed by atoms with van der Waals surface area (Å²) in [5, 5.41) is 9.39. The van der Waals surface area contributed by atoms with Crippen LogP contribution in [-0.4, -0.2) is 27.3 Å². The van der Waals surface area contributed by atoms with Crippen molar-refractivity contribution in [1.29, 1.82) is 0 Å². The molecule has 29 heavy (non-hydrogen) atoms. The second-order valence-electron chi connectivity index (χ2n) is 6.79. The van der Waals surface area contributed by atoms with Crippen molar-refractivity contribution in [3.63, 3.8) is 0 Å². The van der Waals surface area contributed by atoms with Gasteiger partial charge in [-0.1, -0.05) is 11.8 Å². The fraction of sp³-hybridized carbons (Fsp3) is 0.300. The molecule has 3 heterocycles. The van der Waals surface area contributed by atoms with Gasteiger partial charge in [0.25, 0.3) is 10.8 Å². The van der Waals surface area contributed by atoms with Crippen LogP contribution in [0.15, 0.2) is 38.7 Å². The highest BCUT2D eigenvalue weighted by Crippen LogP contribution is 2.34. The number of thiophene rings is 1. The molecule has 7 nitrogen and oxygen atoms in total. The molecule has 4 aromatic rings. The Labute approximate surface area is 174 Å². The van der Waals surface area contributed by atoms with Crippen LogP contribution < -0.4 is 10.3 Å². The van der Waals surface area contributed by atoms with E-state index in [9.17, 15) is 4.79 Å². The molecule has 9 heteroatoms. The van der Waals surface area contributed by atoms with Gasteiger partial charge in [0.15, 0.2) is 0 Å². The van der Waals surface area contributed by atoms with E-state index < -0.39 is 0 Å². The first-order valence-electron chi connectivity index (χ1n) is 9.35. The Morgan fingerprint density at radius 3 is 2.86 bits per heavy atom. The highest BCUT2D eigenvalue weighted by Gasteiger charge is 2.20. The van der Waals surface area contributed by atoms with Crippen LogP contribution in [0, 0.1) is 0 Å². The molecular formula is C20H18N4O3S2. The Morgan fingerprint density at radius 2 is 2.03 bits per heavy atom. The van der Waals surface area contributed by atoms with Gasteiger partial charge in [-0.05, 0) is 55.5 Å². The first-order chi connectivity index (χ1) is 14.2. The number of nitrogens with zero attached hydrogens (tertiary/aromatic N) is 3. The molecule has 0 saturated heterocycles. The van der Waals surface area contributed by atoms with E-state index in [0.29, 0.717) is 22.7 Å². The van der Waals surface area contributed by atoms with Gasteiger partial charge < -0.3 is 14.1 Å². The van der Waals surface area contributed by atoms with E-state index in [-0.39, 0.29) is 5.56 Å².